The molecule has 0 spiro atoms. The average Bonchev–Trinajstić information content (AvgIpc) is 2.68. The third-order valence-corrected chi connectivity index (χ3v) is 4.56. The van der Waals surface area contributed by atoms with Gasteiger partial charge in [0, 0.05) is 24.0 Å². The topological polar surface area (TPSA) is 101 Å². The van der Waals surface area contributed by atoms with Crippen LogP contribution >= 0.6 is 0 Å². The number of pyridine rings is 1. The molecule has 0 aliphatic rings. The van der Waals surface area contributed by atoms with Crippen LogP contribution < -0.4 is 27.2 Å². The Morgan fingerprint density at radius 3 is 2.48 bits per heavy atom. The lowest BCUT2D eigenvalue weighted by Gasteiger charge is -2.22. The number of nitrogens with one attached hydrogen (secondary N) is 3. The number of hydrogen-bond acceptors (Lipinski definition) is 5. The van der Waals surface area contributed by atoms with Gasteiger partial charge in [0.25, 0.3) is 5.56 Å². The molecule has 0 unspecified atom stereocenters. The molecule has 2 aromatic carbocycles. The smallest absolute Gasteiger partial charge is 0.256 e. The first-order valence-corrected chi connectivity index (χ1v) is 8.91. The van der Waals surface area contributed by atoms with Gasteiger partial charge >= 0.3 is 0 Å². The van der Waals surface area contributed by atoms with Crippen molar-refractivity contribution >= 4 is 40.7 Å². The maximum atomic E-state index is 14.4. The van der Waals surface area contributed by atoms with Gasteiger partial charge in [0.15, 0.2) is 0 Å². The van der Waals surface area contributed by atoms with Crippen LogP contribution in [0.1, 0.15) is 11.1 Å². The molecule has 0 saturated heterocycles. The summed E-state index contributed by atoms with van der Waals surface area (Å²) in [6, 6.07) is 11.7. The number of hydrogen-bond donors (Lipinski definition) is 4. The zero-order valence-corrected chi connectivity index (χ0v) is 16.3. The van der Waals surface area contributed by atoms with Crippen molar-refractivity contribution in [3.8, 4) is 0 Å². The van der Waals surface area contributed by atoms with Gasteiger partial charge in [-0.1, -0.05) is 12.1 Å². The molecule has 1 amide bonds. The van der Waals surface area contributed by atoms with Crippen molar-refractivity contribution in [2.75, 3.05) is 21.7 Å². The summed E-state index contributed by atoms with van der Waals surface area (Å²) in [6.07, 6.45) is 0.489. The van der Waals surface area contributed by atoms with E-state index in [4.69, 9.17) is 5.73 Å². The molecular formula is C21H22FN5O2. The summed E-state index contributed by atoms with van der Waals surface area (Å²) >= 11 is 0. The third-order valence-electron chi connectivity index (χ3n) is 4.56. The molecule has 1 aromatic heterocycles. The van der Waals surface area contributed by atoms with Crippen molar-refractivity contribution in [2.45, 2.75) is 13.8 Å². The molecule has 0 radical (unpaired) electrons. The number of halogens is 1. The monoisotopic (exact) mass is 395 g/mol. The maximum absolute atomic E-state index is 14.4. The molecule has 5 N–H and O–H groups in total. The van der Waals surface area contributed by atoms with Crippen molar-refractivity contribution in [1.29, 1.82) is 0 Å². The summed E-state index contributed by atoms with van der Waals surface area (Å²) in [5, 5.41) is 8.73. The molecule has 0 fully saturated rings. The van der Waals surface area contributed by atoms with Gasteiger partial charge in [-0.25, -0.2) is 4.39 Å². The Kier molecular flexibility index (Phi) is 5.54. The Morgan fingerprint density at radius 2 is 1.83 bits per heavy atom. The first kappa shape index (κ1) is 19.9. The molecule has 0 bridgehead atoms. The number of aryl methyl sites for hydroxylation is 1. The van der Waals surface area contributed by atoms with E-state index < -0.39 is 5.82 Å². The van der Waals surface area contributed by atoms with Gasteiger partial charge in [0.05, 0.1) is 11.4 Å². The van der Waals surface area contributed by atoms with E-state index in [1.807, 2.05) is 0 Å². The SMILES string of the molecule is Cc1ccc(Nc2c(Nc3cccc(N)c3)c(NC=O)c(C)c(=O)n2C)c(F)c1. The van der Waals surface area contributed by atoms with E-state index in [0.29, 0.717) is 34.7 Å². The van der Waals surface area contributed by atoms with E-state index in [1.165, 1.54) is 10.6 Å². The molecule has 8 heteroatoms. The van der Waals surface area contributed by atoms with E-state index in [1.54, 1.807) is 57.3 Å². The molecule has 7 nitrogen and oxygen atoms in total. The fourth-order valence-electron chi connectivity index (χ4n) is 3.05. The summed E-state index contributed by atoms with van der Waals surface area (Å²) in [5.41, 5.74) is 8.71. The molecule has 1 heterocycles. The normalized spacial score (nSPS) is 10.5. The standard InChI is InChI=1S/C21H22FN5O2/c1-12-7-8-17(16(22)9-12)26-20-19(25-15-6-4-5-14(23)10-15)18(24-11-28)13(2)21(29)27(20)3/h4-11,25-26H,23H2,1-3H3,(H,24,28). The minimum absolute atomic E-state index is 0.196. The van der Waals surface area contributed by atoms with Crippen molar-refractivity contribution in [3.63, 3.8) is 0 Å². The van der Waals surface area contributed by atoms with Crippen LogP contribution in [0.3, 0.4) is 0 Å². The summed E-state index contributed by atoms with van der Waals surface area (Å²) in [4.78, 5) is 23.9. The van der Waals surface area contributed by atoms with E-state index in [0.717, 1.165) is 5.56 Å². The van der Waals surface area contributed by atoms with E-state index in [2.05, 4.69) is 16.0 Å². The van der Waals surface area contributed by atoms with E-state index in [-0.39, 0.29) is 17.1 Å². The van der Waals surface area contributed by atoms with Crippen molar-refractivity contribution in [3.05, 3.63) is 69.8 Å². The van der Waals surface area contributed by atoms with Crippen LogP contribution in [0.25, 0.3) is 0 Å². The highest BCUT2D eigenvalue weighted by Gasteiger charge is 2.19. The molecule has 3 rings (SSSR count). The largest absolute Gasteiger partial charge is 0.399 e. The quantitative estimate of drug-likeness (QED) is 0.376. The minimum atomic E-state index is -0.460. The number of aromatic nitrogens is 1. The number of nitrogen functional groups attached to an aromatic ring is 1. The number of nitrogens with zero attached hydrogens (tertiary/aromatic N) is 1. The van der Waals surface area contributed by atoms with Gasteiger partial charge in [-0.15, -0.1) is 0 Å². The van der Waals surface area contributed by atoms with Gasteiger partial charge < -0.3 is 21.7 Å². The lowest BCUT2D eigenvalue weighted by atomic mass is 10.1. The predicted molar refractivity (Wildman–Crippen MR) is 115 cm³/mol. The summed E-state index contributed by atoms with van der Waals surface area (Å²) in [6.45, 7) is 3.39. The fraction of sp³-hybridized carbons (Fsp3) is 0.143. The first-order chi connectivity index (χ1) is 13.8. The molecule has 0 atom stereocenters. The zero-order valence-electron chi connectivity index (χ0n) is 16.3. The number of anilines is 6. The second kappa shape index (κ2) is 8.05. The lowest BCUT2D eigenvalue weighted by molar-refractivity contribution is -0.105. The number of rotatable bonds is 6. The Morgan fingerprint density at radius 1 is 1.07 bits per heavy atom. The van der Waals surface area contributed by atoms with Gasteiger partial charge in [0.2, 0.25) is 6.41 Å². The van der Waals surface area contributed by atoms with Gasteiger partial charge in [-0.2, -0.15) is 0 Å². The van der Waals surface area contributed by atoms with E-state index >= 15 is 0 Å². The Balaban J connectivity index is 2.21. The second-order valence-electron chi connectivity index (χ2n) is 6.71. The highest BCUT2D eigenvalue weighted by Crippen LogP contribution is 2.36. The summed E-state index contributed by atoms with van der Waals surface area (Å²) in [5.74, 6) is -0.173. The molecule has 29 heavy (non-hydrogen) atoms. The number of carbonyl (C=O) groups excluding carboxylic acids is 1. The molecule has 0 aliphatic heterocycles. The second-order valence-corrected chi connectivity index (χ2v) is 6.71. The van der Waals surface area contributed by atoms with Crippen LogP contribution in [-0.4, -0.2) is 11.0 Å². The first-order valence-electron chi connectivity index (χ1n) is 8.91. The highest BCUT2D eigenvalue weighted by atomic mass is 19.1. The lowest BCUT2D eigenvalue weighted by Crippen LogP contribution is -2.25. The number of carbonyl (C=O) groups is 1. The van der Waals surface area contributed by atoms with Crippen LogP contribution in [0.5, 0.6) is 0 Å². The van der Waals surface area contributed by atoms with Crippen LogP contribution in [0.15, 0.2) is 47.3 Å². The van der Waals surface area contributed by atoms with Crippen LogP contribution in [0, 0.1) is 19.7 Å². The van der Waals surface area contributed by atoms with Crippen molar-refractivity contribution < 1.29 is 9.18 Å². The average molecular weight is 395 g/mol. The minimum Gasteiger partial charge on any atom is -0.399 e. The summed E-state index contributed by atoms with van der Waals surface area (Å²) < 4.78 is 15.8. The van der Waals surface area contributed by atoms with Crippen LogP contribution in [-0.2, 0) is 11.8 Å². The number of nitrogens with two attached hydrogens (primary N) is 1. The Bertz CT molecular complexity index is 1140. The number of benzene rings is 2. The highest BCUT2D eigenvalue weighted by molar-refractivity contribution is 5.92. The predicted octanol–water partition coefficient (Wildman–Crippen LogP) is 3.78. The maximum Gasteiger partial charge on any atom is 0.256 e. The Hall–Kier alpha value is -3.81. The Labute approximate surface area is 167 Å². The van der Waals surface area contributed by atoms with Gasteiger partial charge in [-0.3, -0.25) is 14.2 Å². The zero-order chi connectivity index (χ0) is 21.1. The van der Waals surface area contributed by atoms with Crippen LogP contribution in [0.2, 0.25) is 0 Å². The fourth-order valence-corrected chi connectivity index (χ4v) is 3.05. The van der Waals surface area contributed by atoms with Crippen molar-refractivity contribution in [1.82, 2.24) is 4.57 Å². The van der Waals surface area contributed by atoms with Gasteiger partial charge in [0.1, 0.15) is 17.3 Å². The van der Waals surface area contributed by atoms with Gasteiger partial charge in [-0.05, 0) is 49.7 Å². The molecule has 0 aliphatic carbocycles. The van der Waals surface area contributed by atoms with E-state index in [9.17, 15) is 14.0 Å². The van der Waals surface area contributed by atoms with Crippen LogP contribution in [0.4, 0.5) is 38.6 Å². The summed E-state index contributed by atoms with van der Waals surface area (Å²) in [7, 11) is 1.57. The third kappa shape index (κ3) is 4.06. The molecule has 3 aromatic rings. The molecular weight excluding hydrogens is 373 g/mol. The molecule has 150 valence electrons. The number of amides is 1. The van der Waals surface area contributed by atoms with Crippen molar-refractivity contribution in [2.24, 2.45) is 7.05 Å². The molecule has 0 saturated carbocycles.